The zero-order valence-corrected chi connectivity index (χ0v) is 25.4. The van der Waals surface area contributed by atoms with Crippen LogP contribution in [0, 0.1) is 11.8 Å². The third-order valence-corrected chi connectivity index (χ3v) is 10.8. The van der Waals surface area contributed by atoms with Crippen molar-refractivity contribution >= 4 is 84.3 Å². The normalized spacial score (nSPS) is 22.1. The summed E-state index contributed by atoms with van der Waals surface area (Å²) >= 11 is 14.6. The lowest BCUT2D eigenvalue weighted by Crippen LogP contribution is -2.52. The van der Waals surface area contributed by atoms with Gasteiger partial charge in [-0.05, 0) is 60.7 Å². The van der Waals surface area contributed by atoms with Gasteiger partial charge >= 0.3 is 5.97 Å². The number of alkyl halides is 2. The minimum absolute atomic E-state index is 0.0211. The maximum atomic E-state index is 13.7. The van der Waals surface area contributed by atoms with Gasteiger partial charge in [-0.25, -0.2) is 9.80 Å². The predicted octanol–water partition coefficient (Wildman–Crippen LogP) is 5.78. The molecule has 2 fully saturated rings. The van der Waals surface area contributed by atoms with Crippen molar-refractivity contribution in [2.45, 2.75) is 22.5 Å². The molecular formula is C28H21Br2ClN2O6S. The quantitative estimate of drug-likeness (QED) is 0.101. The number of amides is 3. The van der Waals surface area contributed by atoms with Gasteiger partial charge in [0.05, 0.1) is 22.4 Å². The SMILES string of the molecule is O=C(CN(C(=O)c1ccccc1Cl)N1C(=O)[C@@H]2C[C@H](Br)[C@@H](Br)C[C@H]2C1=O)c1ccc(OC(=O)c2cccs2)cc1. The van der Waals surface area contributed by atoms with Crippen molar-refractivity contribution in [3.8, 4) is 5.75 Å². The number of Topliss-reactive ketones (excluding diaryl/α,β-unsaturated/α-hetero) is 1. The Morgan fingerprint density at radius 2 is 1.55 bits per heavy atom. The number of esters is 1. The molecule has 0 N–H and O–H groups in total. The Labute approximate surface area is 255 Å². The zero-order valence-electron chi connectivity index (χ0n) is 20.7. The number of nitrogens with zero attached hydrogens (tertiary/aromatic N) is 2. The lowest BCUT2D eigenvalue weighted by molar-refractivity contribution is -0.154. The lowest BCUT2D eigenvalue weighted by atomic mass is 9.81. The van der Waals surface area contributed by atoms with Gasteiger partial charge in [0.2, 0.25) is 0 Å². The van der Waals surface area contributed by atoms with Crippen molar-refractivity contribution in [1.29, 1.82) is 0 Å². The number of benzene rings is 2. The van der Waals surface area contributed by atoms with Crippen molar-refractivity contribution in [2.75, 3.05) is 6.54 Å². The monoisotopic (exact) mass is 706 g/mol. The molecule has 40 heavy (non-hydrogen) atoms. The van der Waals surface area contributed by atoms with Crippen LogP contribution in [0.4, 0.5) is 0 Å². The minimum atomic E-state index is -0.744. The van der Waals surface area contributed by atoms with E-state index in [0.29, 0.717) is 17.7 Å². The molecule has 8 nitrogen and oxygen atoms in total. The molecule has 0 bridgehead atoms. The van der Waals surface area contributed by atoms with Gasteiger partial charge in [0.25, 0.3) is 17.7 Å². The lowest BCUT2D eigenvalue weighted by Gasteiger charge is -2.30. The van der Waals surface area contributed by atoms with Gasteiger partial charge in [-0.3, -0.25) is 19.2 Å². The second-order valence-corrected chi connectivity index (χ2v) is 13.1. The smallest absolute Gasteiger partial charge is 0.353 e. The van der Waals surface area contributed by atoms with E-state index in [-0.39, 0.29) is 31.6 Å². The molecule has 12 heteroatoms. The van der Waals surface area contributed by atoms with Crippen LogP contribution in [-0.2, 0) is 9.59 Å². The molecule has 1 saturated carbocycles. The molecule has 0 spiro atoms. The number of rotatable bonds is 7. The summed E-state index contributed by atoms with van der Waals surface area (Å²) in [6, 6.07) is 15.5. The van der Waals surface area contributed by atoms with Crippen LogP contribution in [0.3, 0.4) is 0 Å². The first-order chi connectivity index (χ1) is 19.2. The molecule has 2 heterocycles. The summed E-state index contributed by atoms with van der Waals surface area (Å²) in [7, 11) is 0. The van der Waals surface area contributed by atoms with Gasteiger partial charge in [-0.2, -0.15) is 5.01 Å². The molecule has 4 atom stereocenters. The number of ether oxygens (including phenoxy) is 1. The number of imide groups is 1. The van der Waals surface area contributed by atoms with Gasteiger partial charge < -0.3 is 4.74 Å². The molecule has 3 aromatic rings. The van der Waals surface area contributed by atoms with Crippen molar-refractivity contribution in [3.63, 3.8) is 0 Å². The van der Waals surface area contributed by atoms with Crippen LogP contribution in [0.25, 0.3) is 0 Å². The van der Waals surface area contributed by atoms with Gasteiger partial charge in [0.1, 0.15) is 17.2 Å². The van der Waals surface area contributed by atoms with Gasteiger partial charge in [-0.15, -0.1) is 11.3 Å². The van der Waals surface area contributed by atoms with Crippen LogP contribution in [-0.4, -0.2) is 55.7 Å². The van der Waals surface area contributed by atoms with E-state index in [9.17, 15) is 24.0 Å². The second kappa shape index (κ2) is 11.9. The van der Waals surface area contributed by atoms with E-state index in [2.05, 4.69) is 31.9 Å². The third-order valence-electron chi connectivity index (χ3n) is 6.87. The molecule has 1 aromatic heterocycles. The van der Waals surface area contributed by atoms with Crippen molar-refractivity contribution in [3.05, 3.63) is 87.1 Å². The van der Waals surface area contributed by atoms with Gasteiger partial charge in [-0.1, -0.05) is 61.7 Å². The Morgan fingerprint density at radius 3 is 2.12 bits per heavy atom. The van der Waals surface area contributed by atoms with E-state index >= 15 is 0 Å². The number of hydrazine groups is 1. The molecule has 206 valence electrons. The summed E-state index contributed by atoms with van der Waals surface area (Å²) < 4.78 is 5.34. The molecule has 0 radical (unpaired) electrons. The predicted molar refractivity (Wildman–Crippen MR) is 156 cm³/mol. The van der Waals surface area contributed by atoms with Crippen molar-refractivity contribution in [1.82, 2.24) is 10.0 Å². The fourth-order valence-corrected chi connectivity index (χ4v) is 6.86. The van der Waals surface area contributed by atoms with Gasteiger partial charge in [0.15, 0.2) is 5.78 Å². The van der Waals surface area contributed by atoms with Crippen LogP contribution in [0.15, 0.2) is 66.0 Å². The molecule has 1 saturated heterocycles. The highest BCUT2D eigenvalue weighted by Crippen LogP contribution is 2.43. The average Bonchev–Trinajstić information content (AvgIpc) is 3.56. The van der Waals surface area contributed by atoms with E-state index in [4.69, 9.17) is 16.3 Å². The molecule has 1 aliphatic carbocycles. The summed E-state index contributed by atoms with van der Waals surface area (Å²) in [6.07, 6.45) is 0.824. The maximum Gasteiger partial charge on any atom is 0.353 e. The Kier molecular flexibility index (Phi) is 8.55. The molecule has 1 aliphatic heterocycles. The van der Waals surface area contributed by atoms with Crippen LogP contribution >= 0.6 is 54.8 Å². The van der Waals surface area contributed by atoms with E-state index in [0.717, 1.165) is 10.0 Å². The zero-order chi connectivity index (χ0) is 28.6. The second-order valence-electron chi connectivity index (χ2n) is 9.36. The topological polar surface area (TPSA) is 101 Å². The van der Waals surface area contributed by atoms with Crippen LogP contribution < -0.4 is 4.74 Å². The molecule has 2 aliphatic rings. The van der Waals surface area contributed by atoms with E-state index in [1.54, 1.807) is 29.6 Å². The standard InChI is InChI=1S/C28H21Br2ClN2O6S/c29-20-12-18-19(13-21(20)30)27(37)33(26(18)36)32(25(35)17-4-1-2-5-22(17)31)14-23(34)15-7-9-16(10-8-15)39-28(38)24-6-3-11-40-24/h1-11,18-21H,12-14H2/t18-,19-,20+,21+/m1/s1. The van der Waals surface area contributed by atoms with Crippen LogP contribution in [0.2, 0.25) is 5.02 Å². The number of thiophene rings is 1. The van der Waals surface area contributed by atoms with Crippen molar-refractivity contribution < 1.29 is 28.7 Å². The highest BCUT2D eigenvalue weighted by molar-refractivity contribution is 9.12. The fourth-order valence-electron chi connectivity index (χ4n) is 4.81. The number of halogens is 3. The number of hydrogen-bond donors (Lipinski definition) is 0. The first-order valence-corrected chi connectivity index (χ1v) is 15.4. The summed E-state index contributed by atoms with van der Waals surface area (Å²) in [5.41, 5.74) is 0.255. The highest BCUT2D eigenvalue weighted by Gasteiger charge is 2.54. The molecule has 2 aromatic carbocycles. The van der Waals surface area contributed by atoms with E-state index < -0.39 is 47.9 Å². The Balaban J connectivity index is 1.40. The van der Waals surface area contributed by atoms with E-state index in [1.165, 1.54) is 47.7 Å². The molecule has 0 unspecified atom stereocenters. The number of hydrogen-bond acceptors (Lipinski definition) is 7. The Hall–Kier alpha value is -2.86. The van der Waals surface area contributed by atoms with Gasteiger partial charge in [0, 0.05) is 15.2 Å². The number of ketones is 1. The first-order valence-electron chi connectivity index (χ1n) is 12.3. The fraction of sp³-hybridized carbons (Fsp3) is 0.250. The summed E-state index contributed by atoms with van der Waals surface area (Å²) in [5, 5.41) is 3.60. The number of carbonyl (C=O) groups excluding carboxylic acids is 5. The summed E-state index contributed by atoms with van der Waals surface area (Å²) in [6.45, 7) is -0.579. The Morgan fingerprint density at radius 1 is 0.925 bits per heavy atom. The number of carbonyl (C=O) groups is 5. The minimum Gasteiger partial charge on any atom is -0.422 e. The average molecular weight is 709 g/mol. The van der Waals surface area contributed by atoms with Crippen LogP contribution in [0.5, 0.6) is 5.75 Å². The Bertz CT molecular complexity index is 1450. The first kappa shape index (κ1) is 28.7. The number of fused-ring (bicyclic) bond motifs is 1. The molecule has 5 rings (SSSR count). The van der Waals surface area contributed by atoms with Crippen molar-refractivity contribution in [2.24, 2.45) is 11.8 Å². The van der Waals surface area contributed by atoms with Crippen LogP contribution in [0.1, 0.15) is 43.2 Å². The maximum absolute atomic E-state index is 13.7. The van der Waals surface area contributed by atoms with E-state index in [1.807, 2.05) is 0 Å². The highest BCUT2D eigenvalue weighted by atomic mass is 79.9. The molecule has 3 amide bonds. The largest absolute Gasteiger partial charge is 0.422 e. The summed E-state index contributed by atoms with van der Waals surface area (Å²) in [4.78, 5) is 66.7. The summed E-state index contributed by atoms with van der Waals surface area (Å²) in [5.74, 6) is -3.82. The molecular weight excluding hydrogens is 688 g/mol. The third kappa shape index (κ3) is 5.65.